The van der Waals surface area contributed by atoms with Gasteiger partial charge in [0, 0.05) is 12.2 Å². The summed E-state index contributed by atoms with van der Waals surface area (Å²) in [6.45, 7) is 0.692. The molecule has 1 aromatic rings. The molecule has 0 spiro atoms. The number of carbonyl (C=O) groups is 2. The lowest BCUT2D eigenvalue weighted by atomic mass is 10.0. The standard InChI is InChI=1S/C11H7NO2/c13-9-3-4-10(14)11-8(9)6-7-2-1-5-12(7)11/h1-4,6H,5H2. The van der Waals surface area contributed by atoms with Crippen molar-refractivity contribution in [2.75, 3.05) is 0 Å². The van der Waals surface area contributed by atoms with Crippen molar-refractivity contribution in [2.24, 2.45) is 0 Å². The summed E-state index contributed by atoms with van der Waals surface area (Å²) >= 11 is 0. The van der Waals surface area contributed by atoms with E-state index in [1.54, 1.807) is 6.07 Å². The number of hydrogen-bond donors (Lipinski definition) is 0. The third kappa shape index (κ3) is 0.763. The van der Waals surface area contributed by atoms with E-state index in [1.165, 1.54) is 12.2 Å². The van der Waals surface area contributed by atoms with Crippen molar-refractivity contribution >= 4 is 17.6 Å². The van der Waals surface area contributed by atoms with Crippen LogP contribution in [-0.4, -0.2) is 16.1 Å². The van der Waals surface area contributed by atoms with Gasteiger partial charge in [-0.1, -0.05) is 6.08 Å². The molecule has 0 unspecified atom stereocenters. The molecule has 3 nitrogen and oxygen atoms in total. The van der Waals surface area contributed by atoms with Crippen LogP contribution in [-0.2, 0) is 6.54 Å². The molecule has 1 aliphatic heterocycles. The van der Waals surface area contributed by atoms with Crippen molar-refractivity contribution in [3.63, 3.8) is 0 Å². The first kappa shape index (κ1) is 7.50. The van der Waals surface area contributed by atoms with E-state index in [2.05, 4.69) is 0 Å². The lowest BCUT2D eigenvalue weighted by Crippen LogP contribution is -2.14. The molecule has 0 amide bonds. The van der Waals surface area contributed by atoms with Crippen LogP contribution >= 0.6 is 0 Å². The van der Waals surface area contributed by atoms with Crippen LogP contribution in [0.1, 0.15) is 26.5 Å². The summed E-state index contributed by atoms with van der Waals surface area (Å²) in [5.74, 6) is -0.149. The maximum Gasteiger partial charge on any atom is 0.203 e. The summed E-state index contributed by atoms with van der Waals surface area (Å²) in [7, 11) is 0. The molecule has 0 bridgehead atoms. The molecular weight excluding hydrogens is 178 g/mol. The largest absolute Gasteiger partial charge is 0.334 e. The second-order valence-corrected chi connectivity index (χ2v) is 3.41. The second kappa shape index (κ2) is 2.32. The molecule has 0 saturated heterocycles. The molecule has 2 heterocycles. The summed E-state index contributed by atoms with van der Waals surface area (Å²) in [5.41, 5.74) is 2.02. The monoisotopic (exact) mass is 185 g/mol. The van der Waals surface area contributed by atoms with E-state index in [9.17, 15) is 9.59 Å². The zero-order valence-corrected chi connectivity index (χ0v) is 7.36. The number of hydrogen-bond acceptors (Lipinski definition) is 2. The van der Waals surface area contributed by atoms with Crippen molar-refractivity contribution in [3.05, 3.63) is 41.2 Å². The number of fused-ring (bicyclic) bond motifs is 3. The fraction of sp³-hybridized carbons (Fsp3) is 0.0909. The predicted octanol–water partition coefficient (Wildman–Crippen LogP) is 1.45. The van der Waals surface area contributed by atoms with Crippen LogP contribution < -0.4 is 0 Å². The number of rotatable bonds is 0. The lowest BCUT2D eigenvalue weighted by molar-refractivity contribution is 0.0989. The van der Waals surface area contributed by atoms with Gasteiger partial charge in [-0.15, -0.1) is 0 Å². The Morgan fingerprint density at radius 2 is 1.86 bits per heavy atom. The van der Waals surface area contributed by atoms with Gasteiger partial charge in [-0.25, -0.2) is 0 Å². The second-order valence-electron chi connectivity index (χ2n) is 3.41. The van der Waals surface area contributed by atoms with E-state index in [0.717, 1.165) is 5.69 Å². The van der Waals surface area contributed by atoms with E-state index in [0.29, 0.717) is 17.8 Å². The molecule has 0 saturated carbocycles. The van der Waals surface area contributed by atoms with E-state index in [1.807, 2.05) is 16.7 Å². The van der Waals surface area contributed by atoms with Crippen LogP contribution in [0.3, 0.4) is 0 Å². The topological polar surface area (TPSA) is 39.1 Å². The number of aromatic nitrogens is 1. The zero-order chi connectivity index (χ0) is 9.71. The molecular formula is C11H7NO2. The highest BCUT2D eigenvalue weighted by atomic mass is 16.1. The zero-order valence-electron chi connectivity index (χ0n) is 7.36. The lowest BCUT2D eigenvalue weighted by Gasteiger charge is -2.07. The normalized spacial score (nSPS) is 17.4. The van der Waals surface area contributed by atoms with Gasteiger partial charge in [-0.3, -0.25) is 9.59 Å². The first-order chi connectivity index (χ1) is 6.77. The van der Waals surface area contributed by atoms with Gasteiger partial charge in [0.2, 0.25) is 5.78 Å². The Morgan fingerprint density at radius 1 is 1.07 bits per heavy atom. The first-order valence-electron chi connectivity index (χ1n) is 4.44. The van der Waals surface area contributed by atoms with Crippen LogP contribution in [0.5, 0.6) is 0 Å². The average molecular weight is 185 g/mol. The van der Waals surface area contributed by atoms with Crippen LogP contribution in [0.2, 0.25) is 0 Å². The molecule has 0 atom stereocenters. The van der Waals surface area contributed by atoms with Crippen LogP contribution in [0.4, 0.5) is 0 Å². The Hall–Kier alpha value is -1.90. The van der Waals surface area contributed by atoms with Crippen LogP contribution in [0.25, 0.3) is 6.08 Å². The maximum atomic E-state index is 11.6. The highest BCUT2D eigenvalue weighted by Gasteiger charge is 2.26. The van der Waals surface area contributed by atoms with Gasteiger partial charge in [0.25, 0.3) is 0 Å². The summed E-state index contributed by atoms with van der Waals surface area (Å²) in [6, 6.07) is 1.78. The molecule has 68 valence electrons. The molecule has 3 rings (SSSR count). The van der Waals surface area contributed by atoms with E-state index < -0.39 is 0 Å². The highest BCUT2D eigenvalue weighted by Crippen LogP contribution is 2.25. The van der Waals surface area contributed by atoms with Crippen LogP contribution in [0, 0.1) is 0 Å². The fourth-order valence-electron chi connectivity index (χ4n) is 1.96. The summed E-state index contributed by atoms with van der Waals surface area (Å²) < 4.78 is 1.87. The maximum absolute atomic E-state index is 11.6. The van der Waals surface area contributed by atoms with Gasteiger partial charge < -0.3 is 4.57 Å². The molecule has 1 aliphatic carbocycles. The van der Waals surface area contributed by atoms with E-state index in [-0.39, 0.29) is 11.6 Å². The molecule has 1 aromatic heterocycles. The third-order valence-electron chi connectivity index (χ3n) is 2.59. The predicted molar refractivity (Wildman–Crippen MR) is 51.3 cm³/mol. The van der Waals surface area contributed by atoms with Crippen molar-refractivity contribution in [1.29, 1.82) is 0 Å². The van der Waals surface area contributed by atoms with Gasteiger partial charge in [0.05, 0.1) is 5.56 Å². The molecule has 0 radical (unpaired) electrons. The smallest absolute Gasteiger partial charge is 0.203 e. The third-order valence-corrected chi connectivity index (χ3v) is 2.59. The van der Waals surface area contributed by atoms with Crippen molar-refractivity contribution in [2.45, 2.75) is 6.54 Å². The van der Waals surface area contributed by atoms with Crippen molar-refractivity contribution in [1.82, 2.24) is 4.57 Å². The minimum Gasteiger partial charge on any atom is -0.334 e. The fourth-order valence-corrected chi connectivity index (χ4v) is 1.96. The first-order valence-corrected chi connectivity index (χ1v) is 4.44. The van der Waals surface area contributed by atoms with Gasteiger partial charge >= 0.3 is 0 Å². The van der Waals surface area contributed by atoms with E-state index >= 15 is 0 Å². The Morgan fingerprint density at radius 3 is 2.71 bits per heavy atom. The Labute approximate surface area is 80.3 Å². The van der Waals surface area contributed by atoms with Crippen molar-refractivity contribution < 1.29 is 9.59 Å². The number of ketones is 2. The molecule has 0 aromatic carbocycles. The quantitative estimate of drug-likeness (QED) is 0.613. The Bertz CT molecular complexity index is 518. The molecule has 14 heavy (non-hydrogen) atoms. The summed E-state index contributed by atoms with van der Waals surface area (Å²) in [5, 5.41) is 0. The minimum absolute atomic E-state index is 0.0742. The molecule has 0 fully saturated rings. The Kier molecular flexibility index (Phi) is 1.24. The van der Waals surface area contributed by atoms with Gasteiger partial charge in [-0.05, 0) is 24.3 Å². The van der Waals surface area contributed by atoms with E-state index in [4.69, 9.17) is 0 Å². The molecule has 3 heteroatoms. The summed E-state index contributed by atoms with van der Waals surface area (Å²) in [4.78, 5) is 23.0. The molecule has 2 aliphatic rings. The Balaban J connectivity index is 2.33. The average Bonchev–Trinajstić information content (AvgIpc) is 2.70. The van der Waals surface area contributed by atoms with Crippen LogP contribution in [0.15, 0.2) is 24.3 Å². The van der Waals surface area contributed by atoms with Gasteiger partial charge in [-0.2, -0.15) is 0 Å². The highest BCUT2D eigenvalue weighted by molar-refractivity contribution is 6.21. The SMILES string of the molecule is O=C1C=CC(=O)c2c1cc1n2CC=C1. The van der Waals surface area contributed by atoms with Gasteiger partial charge in [0.15, 0.2) is 5.78 Å². The number of allylic oxidation sites excluding steroid dienone is 3. The number of nitrogens with zero attached hydrogens (tertiary/aromatic N) is 1. The summed E-state index contributed by atoms with van der Waals surface area (Å²) in [6.07, 6.45) is 6.59. The molecule has 0 N–H and O–H groups in total. The van der Waals surface area contributed by atoms with Crippen molar-refractivity contribution in [3.8, 4) is 0 Å². The minimum atomic E-state index is -0.0745. The number of carbonyl (C=O) groups excluding carboxylic acids is 2. The van der Waals surface area contributed by atoms with Gasteiger partial charge in [0.1, 0.15) is 5.69 Å².